The SMILES string of the molecule is CC1(C)c2ccccc2C2(c3ccc([Si](c4ccccc4)(c4ccccc4)c4cccc(-n5c6ccccc6c6ccccc65)c4)cc3-n3c4cc([Si](c5ccccc5)(c5ccccc5)c5ccccc5)ccc4c4cccc2c43)c2ccccc21. The number of rotatable bonds is 9. The lowest BCUT2D eigenvalue weighted by atomic mass is 9.53. The molecule has 2 nitrogen and oxygen atoms in total. The Bertz CT molecular complexity index is 4900. The van der Waals surface area contributed by atoms with Crippen LogP contribution < -0.4 is 41.5 Å². The van der Waals surface area contributed by atoms with E-state index in [4.69, 9.17) is 0 Å². The first-order valence-electron chi connectivity index (χ1n) is 30.2. The number of fused-ring (bicyclic) bond motifs is 14. The van der Waals surface area contributed by atoms with Crippen molar-refractivity contribution in [3.05, 3.63) is 361 Å². The smallest absolute Gasteiger partial charge is 0.179 e. The lowest BCUT2D eigenvalue weighted by molar-refractivity contribution is 0.556. The fourth-order valence-corrected chi connectivity index (χ4v) is 25.9. The second kappa shape index (κ2) is 19.2. The molecular weight excluding hydrogens is 1070 g/mol. The summed E-state index contributed by atoms with van der Waals surface area (Å²) < 4.78 is 5.21. The molecule has 15 aromatic rings. The Morgan fingerprint density at radius 1 is 0.244 bits per heavy atom. The molecule has 2 aliphatic rings. The minimum Gasteiger partial charge on any atom is -0.309 e. The van der Waals surface area contributed by atoms with Crippen molar-refractivity contribution in [2.45, 2.75) is 24.7 Å². The van der Waals surface area contributed by atoms with Gasteiger partial charge in [0.05, 0.1) is 33.2 Å². The van der Waals surface area contributed by atoms with Crippen LogP contribution in [0.3, 0.4) is 0 Å². The maximum Gasteiger partial charge on any atom is 0.179 e. The molecule has 86 heavy (non-hydrogen) atoms. The van der Waals surface area contributed by atoms with Gasteiger partial charge in [-0.3, -0.25) is 0 Å². The summed E-state index contributed by atoms with van der Waals surface area (Å²) in [5, 5.41) is 15.8. The normalized spacial score (nSPS) is 13.9. The predicted octanol–water partition coefficient (Wildman–Crippen LogP) is 14.0. The molecular formula is C82H60N2Si2. The molecule has 0 fully saturated rings. The van der Waals surface area contributed by atoms with Crippen molar-refractivity contribution >= 4 is 101 Å². The van der Waals surface area contributed by atoms with E-state index in [1.54, 1.807) is 0 Å². The van der Waals surface area contributed by atoms with Gasteiger partial charge in [0, 0.05) is 32.6 Å². The highest BCUT2D eigenvalue weighted by atomic mass is 28.3. The van der Waals surface area contributed by atoms with E-state index in [1.807, 2.05) is 0 Å². The first-order chi connectivity index (χ1) is 42.4. The van der Waals surface area contributed by atoms with Gasteiger partial charge < -0.3 is 9.13 Å². The lowest BCUT2D eigenvalue weighted by Gasteiger charge is -2.50. The number of hydrogen-bond donors (Lipinski definition) is 0. The molecule has 0 radical (unpaired) electrons. The van der Waals surface area contributed by atoms with Crippen molar-refractivity contribution in [1.82, 2.24) is 9.13 Å². The molecule has 0 amide bonds. The molecule has 0 saturated carbocycles. The molecule has 0 atom stereocenters. The average Bonchev–Trinajstić information content (AvgIpc) is 1.21. The molecule has 3 heterocycles. The molecule has 4 heteroatoms. The van der Waals surface area contributed by atoms with Crippen molar-refractivity contribution < 1.29 is 0 Å². The number of para-hydroxylation sites is 3. The van der Waals surface area contributed by atoms with E-state index in [0.717, 1.165) is 5.69 Å². The van der Waals surface area contributed by atoms with Gasteiger partial charge in [0.15, 0.2) is 16.1 Å². The van der Waals surface area contributed by atoms with Crippen molar-refractivity contribution in [2.75, 3.05) is 0 Å². The van der Waals surface area contributed by atoms with Crippen LogP contribution in [-0.2, 0) is 10.8 Å². The molecule has 2 aromatic heterocycles. The minimum atomic E-state index is -3.28. The van der Waals surface area contributed by atoms with Gasteiger partial charge in [-0.25, -0.2) is 0 Å². The molecule has 1 aliphatic carbocycles. The van der Waals surface area contributed by atoms with Crippen LogP contribution in [0.5, 0.6) is 0 Å². The maximum absolute atomic E-state index is 3.28. The zero-order valence-corrected chi connectivity index (χ0v) is 50.1. The molecule has 0 N–H and O–H groups in total. The third-order valence-electron chi connectivity index (χ3n) is 19.9. The largest absolute Gasteiger partial charge is 0.309 e. The van der Waals surface area contributed by atoms with Crippen molar-refractivity contribution in [1.29, 1.82) is 0 Å². The topological polar surface area (TPSA) is 9.86 Å². The van der Waals surface area contributed by atoms with Crippen LogP contribution in [-0.4, -0.2) is 25.3 Å². The van der Waals surface area contributed by atoms with Crippen LogP contribution in [0, 0.1) is 0 Å². The Kier molecular flexibility index (Phi) is 11.3. The van der Waals surface area contributed by atoms with E-state index in [2.05, 4.69) is 351 Å². The summed E-state index contributed by atoms with van der Waals surface area (Å²) in [7, 11) is -6.26. The fourth-order valence-electron chi connectivity index (χ4n) is 16.4. The molecule has 1 spiro atoms. The highest BCUT2D eigenvalue weighted by Crippen LogP contribution is 2.60. The zero-order valence-electron chi connectivity index (χ0n) is 48.1. The van der Waals surface area contributed by atoms with E-state index in [0.29, 0.717) is 0 Å². The number of hydrogen-bond acceptors (Lipinski definition) is 0. The number of benzene rings is 13. The highest BCUT2D eigenvalue weighted by molar-refractivity contribution is 7.20. The quantitative estimate of drug-likeness (QED) is 0.101. The molecule has 0 bridgehead atoms. The van der Waals surface area contributed by atoms with Gasteiger partial charge in [0.1, 0.15) is 0 Å². The number of aromatic nitrogens is 2. The van der Waals surface area contributed by atoms with Crippen LogP contribution >= 0.6 is 0 Å². The summed E-state index contributed by atoms with van der Waals surface area (Å²) in [5.74, 6) is 0. The predicted molar refractivity (Wildman–Crippen MR) is 366 cm³/mol. The van der Waals surface area contributed by atoms with Gasteiger partial charge in [-0.2, -0.15) is 0 Å². The average molecular weight is 1130 g/mol. The van der Waals surface area contributed by atoms with Gasteiger partial charge in [-0.1, -0.05) is 305 Å². The Hall–Kier alpha value is -10.1. The summed E-state index contributed by atoms with van der Waals surface area (Å²) in [6.07, 6.45) is 0. The summed E-state index contributed by atoms with van der Waals surface area (Å²) in [4.78, 5) is 0. The third-order valence-corrected chi connectivity index (χ3v) is 29.4. The van der Waals surface area contributed by atoms with Crippen molar-refractivity contribution in [3.63, 3.8) is 0 Å². The maximum atomic E-state index is 2.72. The molecule has 0 saturated heterocycles. The van der Waals surface area contributed by atoms with E-state index >= 15 is 0 Å². The number of nitrogens with zero attached hydrogens (tertiary/aromatic N) is 2. The van der Waals surface area contributed by atoms with Gasteiger partial charge in [0.2, 0.25) is 0 Å². The van der Waals surface area contributed by atoms with Gasteiger partial charge in [-0.15, -0.1) is 0 Å². The highest BCUT2D eigenvalue weighted by Gasteiger charge is 2.54. The Labute approximate surface area is 504 Å². The first kappa shape index (κ1) is 50.4. The molecule has 0 unspecified atom stereocenters. The van der Waals surface area contributed by atoms with Gasteiger partial charge >= 0.3 is 0 Å². The summed E-state index contributed by atoms with van der Waals surface area (Å²) in [5.41, 5.74) is 14.4. The Morgan fingerprint density at radius 2 is 0.616 bits per heavy atom. The molecule has 406 valence electrons. The zero-order chi connectivity index (χ0) is 57.2. The van der Waals surface area contributed by atoms with E-state index in [1.165, 1.54) is 124 Å². The molecule has 17 rings (SSSR count). The van der Waals surface area contributed by atoms with E-state index in [-0.39, 0.29) is 5.41 Å². The van der Waals surface area contributed by atoms with Crippen molar-refractivity contribution in [2.24, 2.45) is 0 Å². The lowest BCUT2D eigenvalue weighted by Crippen LogP contribution is -2.74. The van der Waals surface area contributed by atoms with Crippen LogP contribution in [0.2, 0.25) is 0 Å². The Balaban J connectivity index is 1.03. The van der Waals surface area contributed by atoms with E-state index < -0.39 is 21.6 Å². The second-order valence-corrected chi connectivity index (χ2v) is 31.8. The summed E-state index contributed by atoms with van der Waals surface area (Å²) >= 11 is 0. The Morgan fingerprint density at radius 3 is 1.14 bits per heavy atom. The van der Waals surface area contributed by atoms with Gasteiger partial charge in [-0.05, 0) is 111 Å². The van der Waals surface area contributed by atoms with E-state index in [9.17, 15) is 0 Å². The van der Waals surface area contributed by atoms with Crippen LogP contribution in [0.4, 0.5) is 0 Å². The van der Waals surface area contributed by atoms with Crippen molar-refractivity contribution in [3.8, 4) is 11.4 Å². The second-order valence-electron chi connectivity index (χ2n) is 24.2. The van der Waals surface area contributed by atoms with Gasteiger partial charge in [0.25, 0.3) is 0 Å². The summed E-state index contributed by atoms with van der Waals surface area (Å²) in [6, 6.07) is 126. The monoisotopic (exact) mass is 1130 g/mol. The molecule has 13 aromatic carbocycles. The fraction of sp³-hybridized carbons (Fsp3) is 0.0488. The minimum absolute atomic E-state index is 0.254. The van der Waals surface area contributed by atoms with Crippen LogP contribution in [0.15, 0.2) is 328 Å². The first-order valence-corrected chi connectivity index (χ1v) is 34.2. The standard InChI is InChI=1S/C82H60N2Si2/c1-81(2)70-43-20-22-45-72(70)82(73-46-23-21-44-71(73)81)74-53-51-65(86(61-35-14-6-15-36-61,62-37-16-7-17-38-62)63-39-26-28-57(54-63)83-76-48-24-18-40-66(76)67-41-19-25-49-77(67)83)56-79(74)84-78-55-64(50-52-68(78)69-42-27-47-75(82)80(69)84)85(58-29-8-3-9-30-58,59-31-10-4-11-32-59)60-33-12-5-13-34-60/h3-56H,1-2H3. The van der Waals surface area contributed by atoms with Crippen LogP contribution in [0.1, 0.15) is 47.2 Å². The van der Waals surface area contributed by atoms with Crippen LogP contribution in [0.25, 0.3) is 55.0 Å². The molecule has 1 aliphatic heterocycles. The third kappa shape index (κ3) is 6.82. The summed E-state index contributed by atoms with van der Waals surface area (Å²) in [6.45, 7) is 4.86.